The molecule has 3 saturated heterocycles. The van der Waals surface area contributed by atoms with Crippen LogP contribution in [0.2, 0.25) is 0 Å². The molecule has 17 atom stereocenters. The van der Waals surface area contributed by atoms with E-state index in [4.69, 9.17) is 14.2 Å². The van der Waals surface area contributed by atoms with E-state index >= 15 is 9.59 Å². The highest BCUT2D eigenvalue weighted by Gasteiger charge is 2.79. The molecule has 7 aliphatic rings. The molecule has 492 valence electrons. The van der Waals surface area contributed by atoms with Crippen LogP contribution in [0.4, 0.5) is 16.2 Å². The van der Waals surface area contributed by atoms with Crippen LogP contribution in [0, 0.1) is 11.3 Å². The molecule has 1 saturated carbocycles. The Morgan fingerprint density at radius 2 is 1.52 bits per heavy atom. The summed E-state index contributed by atoms with van der Waals surface area (Å²) in [5, 5.41) is 77.1. The van der Waals surface area contributed by atoms with Gasteiger partial charge in [-0.15, -0.1) is 0 Å². The van der Waals surface area contributed by atoms with Crippen molar-refractivity contribution in [2.75, 3.05) is 70.0 Å². The molecule has 4 fully saturated rings. The fraction of sp³-hybridized carbons (Fsp3) is 0.623. The minimum atomic E-state index is -2.68. The molecule has 2 bridgehead atoms. The summed E-state index contributed by atoms with van der Waals surface area (Å²) in [6, 6.07) is 4.48. The Kier molecular flexibility index (Phi) is 19.8. The number of methoxy groups -OCH3 is 2. The lowest BCUT2D eigenvalue weighted by Gasteiger charge is -2.63. The molecular weight excluding hydrogens is 1210 g/mol. The van der Waals surface area contributed by atoms with Gasteiger partial charge in [0.2, 0.25) is 17.7 Å². The normalized spacial score (nSPS) is 31.8. The average Bonchev–Trinajstić information content (AvgIpc) is 1.45. The Labute approximate surface area is 528 Å². The van der Waals surface area contributed by atoms with Crippen LogP contribution in [0.15, 0.2) is 48.6 Å². The number of esters is 1. The number of carbonyl (C=O) groups is 9. The van der Waals surface area contributed by atoms with Gasteiger partial charge in [0.25, 0.3) is 5.91 Å². The van der Waals surface area contributed by atoms with E-state index < -0.39 is 148 Å². The topological polar surface area (TPSA) is 385 Å². The van der Waals surface area contributed by atoms with Crippen LogP contribution >= 0.6 is 21.6 Å². The zero-order valence-electron chi connectivity index (χ0n) is 51.6. The largest absolute Gasteiger partial charge is 0.496 e. The number of benzene rings is 2. The number of para-hydroxylation sites is 1. The third-order valence-electron chi connectivity index (χ3n) is 20.1. The lowest BCUT2D eigenvalue weighted by molar-refractivity contribution is -0.204. The van der Waals surface area contributed by atoms with Gasteiger partial charge >= 0.3 is 30.0 Å². The van der Waals surface area contributed by atoms with Crippen molar-refractivity contribution >= 4 is 86.6 Å². The number of hydrogen-bond acceptors (Lipinski definition) is 21. The maximum atomic E-state index is 15.6. The lowest BCUT2D eigenvalue weighted by Crippen LogP contribution is -2.82. The Bertz CT molecular complexity index is 3180. The molecule has 9 rings (SSSR count). The van der Waals surface area contributed by atoms with Gasteiger partial charge in [-0.3, -0.25) is 43.9 Å². The minimum Gasteiger partial charge on any atom is -0.496 e. The summed E-state index contributed by atoms with van der Waals surface area (Å²) >= 11 is 0. The van der Waals surface area contributed by atoms with Crippen molar-refractivity contribution in [1.82, 2.24) is 36.6 Å². The Hall–Kier alpha value is -6.89. The first-order valence-corrected chi connectivity index (χ1v) is 32.7. The predicted octanol–water partition coefficient (Wildman–Crippen LogP) is 1.57. The molecule has 1 aliphatic carbocycles. The number of nitrogens with zero attached hydrogens (tertiary/aromatic N) is 3. The molecule has 6 heterocycles. The number of carboxylic acid groups (broad SMARTS) is 3. The number of rotatable bonds is 22. The SMILES string of the molecule is CCC1(O)CC2CN(CCC3c4ccccc4NC3[C@@](C(=O)OC)(c3cc4c(cc3OC)N(C)[C@@H]3C45CCN4CC=C[C@](CC)([C@H]45)[C@@H](O)[C@]3(O)C(=O)NNC(=O)OC(C)C(C)SSC[C@H](NC(=O)[C@H](CC(=O)O)NC(=O)[C@H](CC(=O)O)NC(C)=O)C(=O)O)C2)C1. The first kappa shape index (κ1) is 67.5. The maximum Gasteiger partial charge on any atom is 0.426 e. The number of carbonyl (C=O) groups excluding carboxylic acids is 6. The number of nitrogens with one attached hydrogen (secondary N) is 6. The average molecular weight is 1290 g/mol. The zero-order valence-corrected chi connectivity index (χ0v) is 53.2. The third kappa shape index (κ3) is 12.0. The number of amides is 5. The van der Waals surface area contributed by atoms with Crippen molar-refractivity contribution in [2.24, 2.45) is 11.3 Å². The highest BCUT2D eigenvalue weighted by atomic mass is 33.1. The van der Waals surface area contributed by atoms with Crippen molar-refractivity contribution in [2.45, 2.75) is 168 Å². The Morgan fingerprint density at radius 3 is 2.16 bits per heavy atom. The second-order valence-corrected chi connectivity index (χ2v) is 28.0. The van der Waals surface area contributed by atoms with Crippen LogP contribution in [-0.2, 0) is 58.7 Å². The summed E-state index contributed by atoms with van der Waals surface area (Å²) in [6.45, 7) is 10.9. The molecular formula is C61H83N9O18S2. The summed E-state index contributed by atoms with van der Waals surface area (Å²) in [5.74, 6) is -9.75. The van der Waals surface area contributed by atoms with Gasteiger partial charge < -0.3 is 75.9 Å². The molecule has 0 radical (unpaired) electrons. The van der Waals surface area contributed by atoms with Gasteiger partial charge in [-0.1, -0.05) is 65.8 Å². The second kappa shape index (κ2) is 26.4. The highest BCUT2D eigenvalue weighted by Crippen LogP contribution is 2.68. The number of fused-ring (bicyclic) bond motifs is 6. The fourth-order valence-electron chi connectivity index (χ4n) is 16.1. The van der Waals surface area contributed by atoms with Crippen LogP contribution in [0.25, 0.3) is 0 Å². The van der Waals surface area contributed by atoms with E-state index in [9.17, 15) is 64.2 Å². The van der Waals surface area contributed by atoms with Crippen molar-refractivity contribution in [3.63, 3.8) is 0 Å². The molecule has 12 N–H and O–H groups in total. The van der Waals surface area contributed by atoms with E-state index in [0.29, 0.717) is 75.4 Å². The Balaban J connectivity index is 0.964. The van der Waals surface area contributed by atoms with Gasteiger partial charge in [0.15, 0.2) is 5.60 Å². The van der Waals surface area contributed by atoms with Gasteiger partial charge in [0.1, 0.15) is 41.5 Å². The van der Waals surface area contributed by atoms with Gasteiger partial charge in [-0.25, -0.2) is 15.0 Å². The van der Waals surface area contributed by atoms with E-state index in [-0.39, 0.29) is 30.4 Å². The number of ether oxygens (including phenoxy) is 3. The van der Waals surface area contributed by atoms with Crippen molar-refractivity contribution in [3.8, 4) is 5.75 Å². The Morgan fingerprint density at radius 1 is 0.844 bits per heavy atom. The van der Waals surface area contributed by atoms with Gasteiger partial charge in [0.05, 0.1) is 44.7 Å². The zero-order chi connectivity index (χ0) is 65.6. The van der Waals surface area contributed by atoms with Gasteiger partial charge in [-0.2, -0.15) is 0 Å². The predicted molar refractivity (Wildman–Crippen MR) is 329 cm³/mol. The molecule has 6 aliphatic heterocycles. The summed E-state index contributed by atoms with van der Waals surface area (Å²) in [7, 11) is 6.66. The number of aliphatic hydroxyl groups excluding tert-OH is 1. The van der Waals surface area contributed by atoms with Crippen molar-refractivity contribution in [3.05, 3.63) is 65.2 Å². The van der Waals surface area contributed by atoms with Crippen molar-refractivity contribution < 1.29 is 88.0 Å². The lowest BCUT2D eigenvalue weighted by atomic mass is 9.47. The highest BCUT2D eigenvalue weighted by molar-refractivity contribution is 8.77. The minimum absolute atomic E-state index is 0.177. The van der Waals surface area contributed by atoms with E-state index in [0.717, 1.165) is 45.3 Å². The van der Waals surface area contributed by atoms with E-state index in [1.54, 1.807) is 18.9 Å². The smallest absolute Gasteiger partial charge is 0.426 e. The van der Waals surface area contributed by atoms with Crippen LogP contribution < -0.4 is 41.8 Å². The van der Waals surface area contributed by atoms with E-state index in [2.05, 4.69) is 48.0 Å². The number of carboxylic acids is 3. The number of piperidine rings is 1. The summed E-state index contributed by atoms with van der Waals surface area (Å²) in [5.41, 5.74) is 0.969. The first-order valence-electron chi connectivity index (χ1n) is 30.4. The summed E-state index contributed by atoms with van der Waals surface area (Å²) in [4.78, 5) is 124. The summed E-state index contributed by atoms with van der Waals surface area (Å²) in [6.07, 6.45) is 0.611. The van der Waals surface area contributed by atoms with Crippen LogP contribution in [0.5, 0.6) is 5.75 Å². The molecule has 1 spiro atoms. The molecule has 0 aromatic heterocycles. The molecule has 2 aromatic rings. The molecule has 2 aromatic carbocycles. The number of hydrogen-bond donors (Lipinski definition) is 12. The fourth-order valence-corrected chi connectivity index (χ4v) is 18.7. The summed E-state index contributed by atoms with van der Waals surface area (Å²) < 4.78 is 18.1. The standard InChI is InChI=1S/C61H83N9O18S2/c1-9-57(84)26-34-27-60(55(82)87-8,47-36(16-20-69(28-34)30-57)35-14-11-12-15-39(35)63-47)38-22-37-43(25-44(38)86-7)68(6)52-59(37)18-21-70-19-13-17-58(10-2,51(59)70)53(80)61(52,85)54(81)66-67-56(83)88-31(3)32(4)90-89-29-42(50(78)79)65-49(77)41(24-46(74)75)64-48(76)40(23-45(72)73)62-33(5)71/h11-15,17,22,25,31-32,34,36,40-42,47,51-53,63,80,84-85H,9-10,16,18-21,23-24,26-30H2,1-8H3,(H,62,71)(H,64,76)(H,65,77)(H,66,81)(H,67,83)(H,72,73)(H,74,75)(H,78,79)/t31?,32?,34?,36?,40-,41-,42-,47?,51-,52+,53+,57?,58+,59?,60-,61-/m0/s1. The van der Waals surface area contributed by atoms with Crippen LogP contribution in [0.3, 0.4) is 0 Å². The monoisotopic (exact) mass is 1290 g/mol. The van der Waals surface area contributed by atoms with Gasteiger partial charge in [-0.05, 0) is 94.6 Å². The maximum absolute atomic E-state index is 15.6. The molecule has 27 nitrogen and oxygen atoms in total. The number of anilines is 2. The third-order valence-corrected chi connectivity index (χ3v) is 23.1. The number of aliphatic carboxylic acids is 3. The molecule has 5 amide bonds. The number of hydrazine groups is 1. The number of aliphatic hydroxyl groups is 3. The van der Waals surface area contributed by atoms with E-state index in [1.165, 1.54) is 21.1 Å². The van der Waals surface area contributed by atoms with E-state index in [1.807, 2.05) is 56.3 Å². The molecule has 8 unspecified atom stereocenters. The first-order chi connectivity index (χ1) is 42.6. The van der Waals surface area contributed by atoms with Crippen LogP contribution in [0.1, 0.15) is 109 Å². The second-order valence-electron chi connectivity index (χ2n) is 25.2. The molecule has 29 heteroatoms. The van der Waals surface area contributed by atoms with Crippen molar-refractivity contribution in [1.29, 1.82) is 0 Å². The molecule has 90 heavy (non-hydrogen) atoms. The van der Waals surface area contributed by atoms with Crippen LogP contribution in [-0.4, -0.2) is 219 Å². The quantitative estimate of drug-likeness (QED) is 0.0344. The van der Waals surface area contributed by atoms with Gasteiger partial charge in [0, 0.05) is 90.4 Å². The number of likely N-dealkylation sites (N-methyl/N-ethyl adjacent to an activating group) is 1.